The van der Waals surface area contributed by atoms with Crippen molar-refractivity contribution in [1.82, 2.24) is 0 Å². The highest BCUT2D eigenvalue weighted by Crippen LogP contribution is 2.37. The van der Waals surface area contributed by atoms with E-state index in [1.165, 1.54) is 0 Å². The number of benzene rings is 3. The second-order valence-corrected chi connectivity index (χ2v) is 6.56. The first-order valence-electron chi connectivity index (χ1n) is 8.72. The highest BCUT2D eigenvalue weighted by Gasteiger charge is 2.16. The van der Waals surface area contributed by atoms with Crippen molar-refractivity contribution in [2.45, 2.75) is 33.6 Å². The number of hydrogen-bond acceptors (Lipinski definition) is 4. The summed E-state index contributed by atoms with van der Waals surface area (Å²) in [6.07, 6.45) is 1.71. The van der Waals surface area contributed by atoms with Crippen LogP contribution in [0.2, 0.25) is 0 Å². The Morgan fingerprint density at radius 2 is 1.07 bits per heavy atom. The molecule has 0 fully saturated rings. The highest BCUT2D eigenvalue weighted by molar-refractivity contribution is 5.56. The van der Waals surface area contributed by atoms with Crippen LogP contribution in [0, 0.1) is 0 Å². The number of anilines is 2. The van der Waals surface area contributed by atoms with Crippen molar-refractivity contribution < 1.29 is 10.2 Å². The minimum absolute atomic E-state index is 0. The van der Waals surface area contributed by atoms with E-state index in [4.69, 9.17) is 11.5 Å². The lowest BCUT2D eigenvalue weighted by Crippen LogP contribution is -1.99. The number of nitrogens with two attached hydrogens (primary N) is 2. The molecule has 6 N–H and O–H groups in total. The molecule has 0 saturated heterocycles. The Morgan fingerprint density at radius 3 is 1.41 bits per heavy atom. The SMILES string of the molecule is C.CCc1c(O)c(Cc2ccc(N)cc2)cc(Cc2ccc(N)cc2)c1O. The molecule has 0 heterocycles. The zero-order chi connectivity index (χ0) is 18.7. The molecule has 0 saturated carbocycles. The van der Waals surface area contributed by atoms with Gasteiger partial charge in [0.15, 0.2) is 0 Å². The van der Waals surface area contributed by atoms with Gasteiger partial charge in [-0.2, -0.15) is 0 Å². The number of phenols is 2. The summed E-state index contributed by atoms with van der Waals surface area (Å²) in [6.45, 7) is 1.93. The summed E-state index contributed by atoms with van der Waals surface area (Å²) in [7, 11) is 0. The minimum atomic E-state index is 0. The molecule has 3 aromatic carbocycles. The molecule has 0 unspecified atom stereocenters. The summed E-state index contributed by atoms with van der Waals surface area (Å²) in [6, 6.07) is 17.1. The van der Waals surface area contributed by atoms with E-state index < -0.39 is 0 Å². The summed E-state index contributed by atoms with van der Waals surface area (Å²) in [4.78, 5) is 0. The molecule has 0 bridgehead atoms. The van der Waals surface area contributed by atoms with E-state index in [1.807, 2.05) is 61.5 Å². The average molecular weight is 364 g/mol. The number of aromatic hydroxyl groups is 2. The predicted octanol–water partition coefficient (Wildman–Crippen LogP) is 4.64. The molecular formula is C23H28N2O2. The van der Waals surface area contributed by atoms with Crippen molar-refractivity contribution in [3.05, 3.63) is 82.4 Å². The van der Waals surface area contributed by atoms with Crippen LogP contribution in [0.15, 0.2) is 54.6 Å². The van der Waals surface area contributed by atoms with Crippen LogP contribution in [-0.4, -0.2) is 10.2 Å². The Morgan fingerprint density at radius 1 is 0.704 bits per heavy atom. The Balaban J connectivity index is 0.00000261. The van der Waals surface area contributed by atoms with Gasteiger partial charge in [0.25, 0.3) is 0 Å². The molecular weight excluding hydrogens is 336 g/mol. The monoisotopic (exact) mass is 364 g/mol. The third-order valence-electron chi connectivity index (χ3n) is 4.63. The van der Waals surface area contributed by atoms with Crippen molar-refractivity contribution in [2.24, 2.45) is 0 Å². The maximum atomic E-state index is 10.6. The Hall–Kier alpha value is -3.14. The third-order valence-corrected chi connectivity index (χ3v) is 4.63. The van der Waals surface area contributed by atoms with Crippen LogP contribution in [-0.2, 0) is 19.3 Å². The van der Waals surface area contributed by atoms with E-state index in [1.54, 1.807) is 0 Å². The molecule has 4 heteroatoms. The van der Waals surface area contributed by atoms with Gasteiger partial charge in [0.1, 0.15) is 11.5 Å². The van der Waals surface area contributed by atoms with E-state index in [0.29, 0.717) is 36.2 Å². The molecule has 0 spiro atoms. The van der Waals surface area contributed by atoms with E-state index in [9.17, 15) is 10.2 Å². The Bertz CT molecular complexity index is 829. The van der Waals surface area contributed by atoms with Gasteiger partial charge in [-0.25, -0.2) is 0 Å². The minimum Gasteiger partial charge on any atom is -0.507 e. The maximum Gasteiger partial charge on any atom is 0.125 e. The number of hydrogen-bond donors (Lipinski definition) is 4. The van der Waals surface area contributed by atoms with Gasteiger partial charge in [0.2, 0.25) is 0 Å². The van der Waals surface area contributed by atoms with Gasteiger partial charge in [-0.05, 0) is 59.0 Å². The first-order chi connectivity index (χ1) is 12.5. The molecule has 142 valence electrons. The first-order valence-corrected chi connectivity index (χ1v) is 8.72. The first kappa shape index (κ1) is 20.2. The van der Waals surface area contributed by atoms with E-state index in [2.05, 4.69) is 0 Å². The average Bonchev–Trinajstić information content (AvgIpc) is 2.63. The summed E-state index contributed by atoms with van der Waals surface area (Å²) >= 11 is 0. The lowest BCUT2D eigenvalue weighted by atomic mass is 9.93. The summed E-state index contributed by atoms with van der Waals surface area (Å²) in [5.74, 6) is 0.339. The Kier molecular flexibility index (Phi) is 6.35. The molecule has 0 aliphatic rings. The van der Waals surface area contributed by atoms with Crippen molar-refractivity contribution in [1.29, 1.82) is 0 Å². The summed E-state index contributed by atoms with van der Waals surface area (Å²) in [5, 5.41) is 21.2. The van der Waals surface area contributed by atoms with Crippen LogP contribution in [0.25, 0.3) is 0 Å². The van der Waals surface area contributed by atoms with E-state index >= 15 is 0 Å². The van der Waals surface area contributed by atoms with Gasteiger partial charge in [0, 0.05) is 29.8 Å². The molecule has 4 nitrogen and oxygen atoms in total. The van der Waals surface area contributed by atoms with Crippen LogP contribution in [0.3, 0.4) is 0 Å². The fourth-order valence-electron chi connectivity index (χ4n) is 3.16. The molecule has 0 aliphatic carbocycles. The predicted molar refractivity (Wildman–Crippen MR) is 113 cm³/mol. The quantitative estimate of drug-likeness (QED) is 0.496. The van der Waals surface area contributed by atoms with Crippen LogP contribution in [0.1, 0.15) is 42.2 Å². The number of rotatable bonds is 5. The summed E-state index contributed by atoms with van der Waals surface area (Å²) in [5.41, 5.74) is 17.2. The van der Waals surface area contributed by atoms with Crippen LogP contribution in [0.4, 0.5) is 11.4 Å². The molecule has 0 aliphatic heterocycles. The molecule has 0 aromatic heterocycles. The standard InChI is InChI=1S/C22H24N2O2.CH4/c1-2-20-21(25)16(11-14-3-7-18(23)8-4-14)13-17(22(20)26)12-15-5-9-19(24)10-6-15;/h3-10,13,25-26H,2,11-12,23-24H2,1H3;1H4. The normalized spacial score (nSPS) is 10.4. The molecule has 27 heavy (non-hydrogen) atoms. The van der Waals surface area contributed by atoms with E-state index in [-0.39, 0.29) is 18.9 Å². The van der Waals surface area contributed by atoms with Gasteiger partial charge in [-0.3, -0.25) is 0 Å². The van der Waals surface area contributed by atoms with Crippen LogP contribution in [0.5, 0.6) is 11.5 Å². The largest absolute Gasteiger partial charge is 0.507 e. The molecule has 0 radical (unpaired) electrons. The van der Waals surface area contributed by atoms with Gasteiger partial charge in [-0.1, -0.05) is 38.6 Å². The summed E-state index contributed by atoms with van der Waals surface area (Å²) < 4.78 is 0. The van der Waals surface area contributed by atoms with Crippen molar-refractivity contribution >= 4 is 11.4 Å². The number of nitrogen functional groups attached to an aromatic ring is 2. The maximum absolute atomic E-state index is 10.6. The molecule has 3 rings (SSSR count). The van der Waals surface area contributed by atoms with Gasteiger partial charge >= 0.3 is 0 Å². The van der Waals surface area contributed by atoms with Crippen molar-refractivity contribution in [3.8, 4) is 11.5 Å². The molecule has 0 atom stereocenters. The lowest BCUT2D eigenvalue weighted by molar-refractivity contribution is 0.432. The fourth-order valence-corrected chi connectivity index (χ4v) is 3.16. The fraction of sp³-hybridized carbons (Fsp3) is 0.217. The molecule has 0 amide bonds. The second-order valence-electron chi connectivity index (χ2n) is 6.56. The zero-order valence-electron chi connectivity index (χ0n) is 14.9. The highest BCUT2D eigenvalue weighted by atomic mass is 16.3. The van der Waals surface area contributed by atoms with Gasteiger partial charge < -0.3 is 21.7 Å². The number of phenolic OH excluding ortho intramolecular Hbond substituents is 2. The van der Waals surface area contributed by atoms with Crippen LogP contribution < -0.4 is 11.5 Å². The topological polar surface area (TPSA) is 92.5 Å². The van der Waals surface area contributed by atoms with Crippen molar-refractivity contribution in [2.75, 3.05) is 11.5 Å². The smallest absolute Gasteiger partial charge is 0.125 e. The van der Waals surface area contributed by atoms with Gasteiger partial charge in [-0.15, -0.1) is 0 Å². The lowest BCUT2D eigenvalue weighted by Gasteiger charge is -2.16. The third kappa shape index (κ3) is 4.53. The van der Waals surface area contributed by atoms with Gasteiger partial charge in [0.05, 0.1) is 0 Å². The Labute approximate surface area is 161 Å². The second kappa shape index (κ2) is 8.49. The van der Waals surface area contributed by atoms with E-state index in [0.717, 1.165) is 22.3 Å². The zero-order valence-corrected chi connectivity index (χ0v) is 14.9. The molecule has 3 aromatic rings. The van der Waals surface area contributed by atoms with Crippen molar-refractivity contribution in [3.63, 3.8) is 0 Å². The van der Waals surface area contributed by atoms with Crippen LogP contribution >= 0.6 is 0 Å².